The molecular weight excluding hydrogens is 314 g/mol. The highest BCUT2D eigenvalue weighted by Crippen LogP contribution is 2.21. The molecule has 130 valence electrons. The number of terminal acetylenes is 1. The van der Waals surface area contributed by atoms with Gasteiger partial charge in [-0.05, 0) is 57.0 Å². The summed E-state index contributed by atoms with van der Waals surface area (Å²) in [4.78, 5) is 27.5. The van der Waals surface area contributed by atoms with E-state index in [1.807, 2.05) is 39.8 Å². The van der Waals surface area contributed by atoms with Crippen molar-refractivity contribution in [2.24, 2.45) is 0 Å². The largest absolute Gasteiger partial charge is 0.385 e. The van der Waals surface area contributed by atoms with Crippen LogP contribution < -0.4 is 16.2 Å². The van der Waals surface area contributed by atoms with E-state index in [4.69, 9.17) is 6.42 Å². The minimum Gasteiger partial charge on any atom is -0.385 e. The molecule has 0 aliphatic rings. The third-order valence-corrected chi connectivity index (χ3v) is 4.11. The molecule has 0 saturated heterocycles. The third-order valence-electron chi connectivity index (χ3n) is 4.11. The van der Waals surface area contributed by atoms with Crippen molar-refractivity contribution in [3.63, 3.8) is 0 Å². The van der Waals surface area contributed by atoms with Gasteiger partial charge in [-0.2, -0.15) is 0 Å². The Morgan fingerprint density at radius 3 is 2.56 bits per heavy atom. The lowest BCUT2D eigenvalue weighted by atomic mass is 10.0. The predicted octanol–water partition coefficient (Wildman–Crippen LogP) is 2.64. The molecule has 1 aromatic carbocycles. The zero-order valence-corrected chi connectivity index (χ0v) is 15.0. The summed E-state index contributed by atoms with van der Waals surface area (Å²) in [7, 11) is 0. The van der Waals surface area contributed by atoms with E-state index in [9.17, 15) is 9.59 Å². The molecular formula is C20H23N3O2. The van der Waals surface area contributed by atoms with Gasteiger partial charge in [0.25, 0.3) is 11.5 Å². The Bertz CT molecular complexity index is 904. The zero-order valence-electron chi connectivity index (χ0n) is 15.0. The number of aromatic nitrogens is 1. The van der Waals surface area contributed by atoms with Gasteiger partial charge in [-0.15, -0.1) is 6.42 Å². The standard InChI is InChI=1S/C20H23N3O2/c1-6-15-9-16(14(5)18(10-15)21-7-2)19(24)22-11-17-12(3)8-13(4)23-20(17)25/h1,8-10,21H,7,11H2,2-5H3,(H,22,24)(H,23,25). The van der Waals surface area contributed by atoms with Crippen LogP contribution in [0.2, 0.25) is 0 Å². The number of anilines is 1. The second-order valence-electron chi connectivity index (χ2n) is 6.00. The molecule has 5 nitrogen and oxygen atoms in total. The molecule has 3 N–H and O–H groups in total. The lowest BCUT2D eigenvalue weighted by Gasteiger charge is -2.14. The Morgan fingerprint density at radius 2 is 1.96 bits per heavy atom. The number of hydrogen-bond donors (Lipinski definition) is 3. The second kappa shape index (κ2) is 7.71. The highest BCUT2D eigenvalue weighted by Gasteiger charge is 2.14. The molecule has 1 aromatic heterocycles. The van der Waals surface area contributed by atoms with Crippen molar-refractivity contribution in [3.05, 3.63) is 62.1 Å². The smallest absolute Gasteiger partial charge is 0.253 e. The fourth-order valence-electron chi connectivity index (χ4n) is 2.77. The molecule has 0 atom stereocenters. The van der Waals surface area contributed by atoms with Crippen LogP contribution in [-0.2, 0) is 6.54 Å². The molecule has 0 aliphatic heterocycles. The van der Waals surface area contributed by atoms with E-state index < -0.39 is 0 Å². The quantitative estimate of drug-likeness (QED) is 0.734. The Hall–Kier alpha value is -3.00. The fraction of sp³-hybridized carbons (Fsp3) is 0.300. The lowest BCUT2D eigenvalue weighted by molar-refractivity contribution is 0.0950. The minimum atomic E-state index is -0.256. The number of carbonyl (C=O) groups is 1. The van der Waals surface area contributed by atoms with Gasteiger partial charge < -0.3 is 15.6 Å². The number of H-pyrrole nitrogens is 1. The molecule has 0 bridgehead atoms. The molecule has 1 heterocycles. The van der Waals surface area contributed by atoms with Crippen molar-refractivity contribution in [1.29, 1.82) is 0 Å². The van der Waals surface area contributed by atoms with E-state index in [1.165, 1.54) is 0 Å². The van der Waals surface area contributed by atoms with Gasteiger partial charge in [0.2, 0.25) is 0 Å². The highest BCUT2D eigenvalue weighted by atomic mass is 16.1. The number of benzene rings is 1. The van der Waals surface area contributed by atoms with Gasteiger partial charge in [0, 0.05) is 41.2 Å². The van der Waals surface area contributed by atoms with Gasteiger partial charge in [-0.3, -0.25) is 9.59 Å². The van der Waals surface area contributed by atoms with E-state index in [0.717, 1.165) is 29.1 Å². The van der Waals surface area contributed by atoms with Crippen LogP contribution in [0.3, 0.4) is 0 Å². The number of carbonyl (C=O) groups excluding carboxylic acids is 1. The van der Waals surface area contributed by atoms with Crippen LogP contribution in [-0.4, -0.2) is 17.4 Å². The lowest BCUT2D eigenvalue weighted by Crippen LogP contribution is -2.28. The Morgan fingerprint density at radius 1 is 1.24 bits per heavy atom. The van der Waals surface area contributed by atoms with E-state index in [1.54, 1.807) is 6.07 Å². The van der Waals surface area contributed by atoms with Crippen molar-refractivity contribution < 1.29 is 4.79 Å². The first-order chi connectivity index (χ1) is 11.9. The number of pyridine rings is 1. The maximum absolute atomic E-state index is 12.6. The molecule has 1 amide bonds. The number of aromatic amines is 1. The summed E-state index contributed by atoms with van der Waals surface area (Å²) in [6, 6.07) is 5.43. The molecule has 2 aromatic rings. The second-order valence-corrected chi connectivity index (χ2v) is 6.00. The molecule has 25 heavy (non-hydrogen) atoms. The summed E-state index contributed by atoms with van der Waals surface area (Å²) in [6.07, 6.45) is 5.50. The van der Waals surface area contributed by atoms with E-state index in [0.29, 0.717) is 16.7 Å². The van der Waals surface area contributed by atoms with Crippen LogP contribution in [0.15, 0.2) is 23.0 Å². The molecule has 0 radical (unpaired) electrons. The SMILES string of the molecule is C#Cc1cc(NCC)c(C)c(C(=O)NCc2c(C)cc(C)[nH]c2=O)c1. The van der Waals surface area contributed by atoms with Gasteiger partial charge in [0.15, 0.2) is 0 Å². The number of nitrogens with one attached hydrogen (secondary N) is 3. The normalized spacial score (nSPS) is 10.2. The molecule has 5 heteroatoms. The zero-order chi connectivity index (χ0) is 18.6. The van der Waals surface area contributed by atoms with Gasteiger partial charge in [-0.25, -0.2) is 0 Å². The summed E-state index contributed by atoms with van der Waals surface area (Å²) < 4.78 is 0. The van der Waals surface area contributed by atoms with Crippen LogP contribution >= 0.6 is 0 Å². The Kier molecular flexibility index (Phi) is 5.66. The summed E-state index contributed by atoms with van der Waals surface area (Å²) in [5, 5.41) is 6.04. The maximum atomic E-state index is 12.6. The molecule has 0 fully saturated rings. The number of amides is 1. The van der Waals surface area contributed by atoms with Crippen LogP contribution in [0.1, 0.15) is 45.2 Å². The number of aryl methyl sites for hydroxylation is 2. The van der Waals surface area contributed by atoms with Crippen LogP contribution in [0.5, 0.6) is 0 Å². The van der Waals surface area contributed by atoms with Gasteiger partial charge in [0.05, 0.1) is 0 Å². The molecule has 2 rings (SSSR count). The van der Waals surface area contributed by atoms with Crippen LogP contribution in [0.25, 0.3) is 0 Å². The minimum absolute atomic E-state index is 0.163. The summed E-state index contributed by atoms with van der Waals surface area (Å²) in [5.74, 6) is 2.32. The molecule has 0 spiro atoms. The van der Waals surface area contributed by atoms with Gasteiger partial charge in [0.1, 0.15) is 0 Å². The maximum Gasteiger partial charge on any atom is 0.253 e. The van der Waals surface area contributed by atoms with Gasteiger partial charge in [-0.1, -0.05) is 5.92 Å². The topological polar surface area (TPSA) is 74.0 Å². The van der Waals surface area contributed by atoms with Crippen LogP contribution in [0.4, 0.5) is 5.69 Å². The highest BCUT2D eigenvalue weighted by molar-refractivity contribution is 5.97. The van der Waals surface area contributed by atoms with Crippen molar-refractivity contribution in [2.45, 2.75) is 34.2 Å². The monoisotopic (exact) mass is 337 g/mol. The van der Waals surface area contributed by atoms with E-state index >= 15 is 0 Å². The van der Waals surface area contributed by atoms with Gasteiger partial charge >= 0.3 is 0 Å². The Labute approximate surface area is 147 Å². The predicted molar refractivity (Wildman–Crippen MR) is 101 cm³/mol. The molecule has 0 aliphatic carbocycles. The van der Waals surface area contributed by atoms with E-state index in [2.05, 4.69) is 21.5 Å². The Balaban J connectivity index is 2.29. The summed E-state index contributed by atoms with van der Waals surface area (Å²) in [6.45, 7) is 8.43. The van der Waals surface area contributed by atoms with Crippen molar-refractivity contribution in [1.82, 2.24) is 10.3 Å². The third kappa shape index (κ3) is 4.10. The van der Waals surface area contributed by atoms with Crippen molar-refractivity contribution in [3.8, 4) is 12.3 Å². The number of rotatable bonds is 5. The molecule has 0 saturated carbocycles. The summed E-state index contributed by atoms with van der Waals surface area (Å²) >= 11 is 0. The van der Waals surface area contributed by atoms with E-state index in [-0.39, 0.29) is 18.0 Å². The fourth-order valence-corrected chi connectivity index (χ4v) is 2.77. The first-order valence-electron chi connectivity index (χ1n) is 8.20. The van der Waals surface area contributed by atoms with Crippen LogP contribution in [0, 0.1) is 33.1 Å². The average molecular weight is 337 g/mol. The first kappa shape index (κ1) is 18.3. The average Bonchev–Trinajstić information content (AvgIpc) is 2.55. The van der Waals surface area contributed by atoms with Crippen molar-refractivity contribution >= 4 is 11.6 Å². The van der Waals surface area contributed by atoms with Crippen molar-refractivity contribution in [2.75, 3.05) is 11.9 Å². The first-order valence-corrected chi connectivity index (χ1v) is 8.20. The summed E-state index contributed by atoms with van der Waals surface area (Å²) in [5.41, 5.74) is 4.83. The number of hydrogen-bond acceptors (Lipinski definition) is 3. The molecule has 0 unspecified atom stereocenters.